The summed E-state index contributed by atoms with van der Waals surface area (Å²) in [7, 11) is 0. The number of fused-ring (bicyclic) bond motifs is 1. The van der Waals surface area contributed by atoms with Crippen molar-refractivity contribution in [1.82, 2.24) is 25.2 Å². The molecular weight excluding hydrogens is 573 g/mol. The Morgan fingerprint density at radius 1 is 1.07 bits per heavy atom. The van der Waals surface area contributed by atoms with Gasteiger partial charge >= 0.3 is 6.03 Å². The van der Waals surface area contributed by atoms with Crippen LogP contribution in [0.25, 0.3) is 11.3 Å². The Morgan fingerprint density at radius 3 is 2.55 bits per heavy atom. The molecular formula is C32H35F3N6O3. The van der Waals surface area contributed by atoms with Gasteiger partial charge in [0.1, 0.15) is 35.2 Å². The van der Waals surface area contributed by atoms with E-state index in [1.807, 2.05) is 0 Å². The quantitative estimate of drug-likeness (QED) is 0.359. The highest BCUT2D eigenvalue weighted by Gasteiger charge is 2.53. The van der Waals surface area contributed by atoms with Crippen LogP contribution < -0.4 is 10.6 Å². The lowest BCUT2D eigenvalue weighted by Crippen LogP contribution is -2.50. The van der Waals surface area contributed by atoms with Gasteiger partial charge in [0, 0.05) is 17.3 Å². The molecule has 6 rings (SSSR count). The molecule has 1 saturated heterocycles. The van der Waals surface area contributed by atoms with Gasteiger partial charge in [0.05, 0.1) is 12.2 Å². The summed E-state index contributed by atoms with van der Waals surface area (Å²) < 4.78 is 44.8. The molecule has 2 aromatic carbocycles. The number of carbonyl (C=O) groups is 3. The number of hydrogen-bond acceptors (Lipinski definition) is 5. The van der Waals surface area contributed by atoms with E-state index in [9.17, 15) is 27.6 Å². The number of urea groups is 1. The molecule has 0 unspecified atom stereocenters. The molecule has 0 bridgehead atoms. The summed E-state index contributed by atoms with van der Waals surface area (Å²) in [6, 6.07) is 5.02. The minimum absolute atomic E-state index is 0.0556. The molecule has 1 aliphatic heterocycles. The first-order chi connectivity index (χ1) is 20.8. The summed E-state index contributed by atoms with van der Waals surface area (Å²) in [5.41, 5.74) is 0.505. The predicted octanol–water partition coefficient (Wildman–Crippen LogP) is 5.75. The number of imide groups is 1. The fourth-order valence-corrected chi connectivity index (χ4v) is 6.92. The van der Waals surface area contributed by atoms with Crippen LogP contribution in [0.3, 0.4) is 0 Å². The molecule has 4 amide bonds. The van der Waals surface area contributed by atoms with Crippen LogP contribution in [-0.4, -0.2) is 49.8 Å². The zero-order valence-electron chi connectivity index (χ0n) is 24.9. The van der Waals surface area contributed by atoms with E-state index < -0.39 is 53.4 Å². The molecule has 44 heavy (non-hydrogen) atoms. The van der Waals surface area contributed by atoms with Gasteiger partial charge in [-0.05, 0) is 91.7 Å². The summed E-state index contributed by atoms with van der Waals surface area (Å²) in [6.45, 7) is 6.03. The first-order valence-corrected chi connectivity index (χ1v) is 15.0. The molecule has 2 aliphatic carbocycles. The molecule has 1 atom stereocenters. The summed E-state index contributed by atoms with van der Waals surface area (Å²) >= 11 is 0. The fourth-order valence-electron chi connectivity index (χ4n) is 6.92. The monoisotopic (exact) mass is 608 g/mol. The second-order valence-corrected chi connectivity index (χ2v) is 13.2. The number of anilines is 1. The second kappa shape index (κ2) is 11.0. The van der Waals surface area contributed by atoms with Gasteiger partial charge in [-0.2, -0.15) is 0 Å². The molecule has 2 N–H and O–H groups in total. The van der Waals surface area contributed by atoms with E-state index in [4.69, 9.17) is 0 Å². The van der Waals surface area contributed by atoms with Gasteiger partial charge in [0.25, 0.3) is 5.91 Å². The Morgan fingerprint density at radius 2 is 1.82 bits per heavy atom. The second-order valence-electron chi connectivity index (χ2n) is 13.2. The van der Waals surface area contributed by atoms with E-state index in [0.29, 0.717) is 49.1 Å². The van der Waals surface area contributed by atoms with Crippen molar-refractivity contribution >= 4 is 23.5 Å². The van der Waals surface area contributed by atoms with Crippen LogP contribution in [0.2, 0.25) is 0 Å². The van der Waals surface area contributed by atoms with Crippen molar-refractivity contribution in [3.63, 3.8) is 0 Å². The number of benzene rings is 2. The molecule has 2 heterocycles. The molecule has 232 valence electrons. The van der Waals surface area contributed by atoms with Crippen molar-refractivity contribution in [1.29, 1.82) is 0 Å². The summed E-state index contributed by atoms with van der Waals surface area (Å²) in [6.07, 6.45) is 5.90. The largest absolute Gasteiger partial charge is 0.325 e. The van der Waals surface area contributed by atoms with Crippen LogP contribution in [0.4, 0.5) is 23.7 Å². The van der Waals surface area contributed by atoms with Gasteiger partial charge in [-0.15, -0.1) is 5.10 Å². The molecule has 1 spiro atoms. The summed E-state index contributed by atoms with van der Waals surface area (Å²) in [4.78, 5) is 40.0. The van der Waals surface area contributed by atoms with Crippen LogP contribution >= 0.6 is 0 Å². The lowest BCUT2D eigenvalue weighted by molar-refractivity contribution is -0.135. The lowest BCUT2D eigenvalue weighted by Gasteiger charge is -2.40. The molecule has 9 nitrogen and oxygen atoms in total. The van der Waals surface area contributed by atoms with Gasteiger partial charge in [0.15, 0.2) is 0 Å². The lowest BCUT2D eigenvalue weighted by atomic mass is 9.67. The Labute approximate surface area is 253 Å². The maximum Gasteiger partial charge on any atom is 0.325 e. The molecule has 0 radical (unpaired) electrons. The summed E-state index contributed by atoms with van der Waals surface area (Å²) in [5, 5.41) is 13.7. The maximum atomic E-state index is 14.9. The topological polar surface area (TPSA) is 109 Å². The average Bonchev–Trinajstić information content (AvgIpc) is 3.53. The average molecular weight is 609 g/mol. The Kier molecular flexibility index (Phi) is 7.49. The van der Waals surface area contributed by atoms with Gasteiger partial charge in [0.2, 0.25) is 5.91 Å². The van der Waals surface area contributed by atoms with Crippen molar-refractivity contribution in [2.24, 2.45) is 11.3 Å². The molecule has 12 heteroatoms. The van der Waals surface area contributed by atoms with Crippen LogP contribution in [0.15, 0.2) is 36.5 Å². The standard InChI is InChI=1S/C32H35F3N6O3/c1-31(2,3)18-9-11-32(12-10-18)29(43)40(30(44)37-32)17-28(42)36-20-7-8-24(34)23(15-20)26-16-41(39-38-26)27-6-4-5-21-22(27)13-19(33)14-25(21)35/h7-8,13-16,18,27H,4-6,9-12,17H2,1-3H3,(H,36,42)(H,37,44)/t18?,27-,32?/m0/s1. The first-order valence-electron chi connectivity index (χ1n) is 15.0. The smallest absolute Gasteiger partial charge is 0.325 e. The normalized spacial score (nSPS) is 23.5. The molecule has 1 aromatic heterocycles. The Balaban J connectivity index is 1.15. The van der Waals surface area contributed by atoms with Crippen LogP contribution in [-0.2, 0) is 16.0 Å². The number of aromatic nitrogens is 3. The van der Waals surface area contributed by atoms with Crippen molar-refractivity contribution in [3.8, 4) is 11.3 Å². The van der Waals surface area contributed by atoms with Crippen molar-refractivity contribution in [2.45, 2.75) is 77.3 Å². The van der Waals surface area contributed by atoms with Crippen molar-refractivity contribution in [3.05, 3.63) is 65.1 Å². The van der Waals surface area contributed by atoms with E-state index in [1.165, 1.54) is 35.1 Å². The van der Waals surface area contributed by atoms with Crippen molar-refractivity contribution in [2.75, 3.05) is 11.9 Å². The number of halogens is 3. The van der Waals surface area contributed by atoms with Gasteiger partial charge < -0.3 is 10.6 Å². The zero-order chi connectivity index (χ0) is 31.4. The van der Waals surface area contributed by atoms with Crippen molar-refractivity contribution < 1.29 is 27.6 Å². The third-order valence-corrected chi connectivity index (χ3v) is 9.43. The molecule has 3 aromatic rings. The van der Waals surface area contributed by atoms with Gasteiger partial charge in [-0.3, -0.25) is 14.5 Å². The van der Waals surface area contributed by atoms with Crippen LogP contribution in [0, 0.1) is 28.8 Å². The number of nitrogens with one attached hydrogen (secondary N) is 2. The minimum Gasteiger partial charge on any atom is -0.325 e. The molecule has 1 saturated carbocycles. The number of nitrogens with zero attached hydrogens (tertiary/aromatic N) is 4. The molecule has 2 fully saturated rings. The summed E-state index contributed by atoms with van der Waals surface area (Å²) in [5.74, 6) is -2.47. The van der Waals surface area contributed by atoms with Gasteiger partial charge in [-0.1, -0.05) is 26.0 Å². The van der Waals surface area contributed by atoms with Crippen LogP contribution in [0.5, 0.6) is 0 Å². The van der Waals surface area contributed by atoms with E-state index >= 15 is 0 Å². The van der Waals surface area contributed by atoms with E-state index in [1.54, 1.807) is 0 Å². The first kappa shape index (κ1) is 29.8. The van der Waals surface area contributed by atoms with Gasteiger partial charge in [-0.25, -0.2) is 22.6 Å². The van der Waals surface area contributed by atoms with E-state index in [-0.39, 0.29) is 22.4 Å². The highest BCUT2D eigenvalue weighted by molar-refractivity contribution is 6.10. The Hall–Kier alpha value is -4.22. The number of amides is 4. The Bertz CT molecular complexity index is 1640. The zero-order valence-corrected chi connectivity index (χ0v) is 24.9. The van der Waals surface area contributed by atoms with Crippen LogP contribution in [0.1, 0.15) is 76.5 Å². The highest BCUT2D eigenvalue weighted by atomic mass is 19.1. The number of carbonyl (C=O) groups excluding carboxylic acids is 3. The highest BCUT2D eigenvalue weighted by Crippen LogP contribution is 2.43. The third kappa shape index (κ3) is 5.46. The number of hydrogen-bond donors (Lipinski definition) is 2. The fraction of sp³-hybridized carbons (Fsp3) is 0.469. The molecule has 3 aliphatic rings. The number of rotatable bonds is 5. The van der Waals surface area contributed by atoms with E-state index in [0.717, 1.165) is 23.8 Å². The minimum atomic E-state index is -0.982. The van der Waals surface area contributed by atoms with E-state index in [2.05, 4.69) is 41.7 Å². The SMILES string of the molecule is CC(C)(C)C1CCC2(CC1)NC(=O)N(CC(=O)Nc1ccc(F)c(-c3cn([C@H]4CCCc5c(F)cc(F)cc54)nn3)c1)C2=O. The third-order valence-electron chi connectivity index (χ3n) is 9.43. The predicted molar refractivity (Wildman–Crippen MR) is 156 cm³/mol. The maximum absolute atomic E-state index is 14.9.